The fraction of sp³-hybridized carbons (Fsp3) is 0. The van der Waals surface area contributed by atoms with Crippen molar-refractivity contribution >= 4 is 0 Å². The van der Waals surface area contributed by atoms with Crippen LogP contribution in [-0.2, 0) is 0 Å². The van der Waals surface area contributed by atoms with Crippen LogP contribution < -0.4 is 6.15 Å². The highest BCUT2D eigenvalue weighted by Gasteiger charge is 1.66. The van der Waals surface area contributed by atoms with Crippen LogP contribution in [0.4, 0.5) is 0 Å². The Morgan fingerprint density at radius 3 is 0.692 bits per heavy atom. The van der Waals surface area contributed by atoms with Gasteiger partial charge in [-0.15, -0.1) is 30.3 Å². The Kier molecular flexibility index (Phi) is 28.1. The van der Waals surface area contributed by atoms with Crippen LogP contribution in [0.2, 0.25) is 0 Å². The summed E-state index contributed by atoms with van der Waals surface area (Å²) in [6.45, 7) is 0. The molecule has 0 spiro atoms. The number of hydrogen-bond acceptors (Lipinski definition) is 7. The first-order valence-electron chi connectivity index (χ1n) is 1.70. The third kappa shape index (κ3) is 91.8. The Balaban J connectivity index is -0.0000000450. The second-order valence-corrected chi connectivity index (χ2v) is 0.714. The van der Waals surface area contributed by atoms with Crippen molar-refractivity contribution in [3.63, 3.8) is 0 Å². The van der Waals surface area contributed by atoms with Crippen LogP contribution in [0.25, 0.3) is 0 Å². The zero-order valence-corrected chi connectivity index (χ0v) is 5.84. The molecule has 13 heavy (non-hydrogen) atoms. The van der Waals surface area contributed by atoms with E-state index < -0.39 is 15.3 Å². The highest BCUT2D eigenvalue weighted by Crippen LogP contribution is 1.39. The molecule has 0 heterocycles. The Morgan fingerprint density at radius 1 is 0.692 bits per heavy atom. The number of nitrogens with zero attached hydrogens (tertiary/aromatic N) is 3. The van der Waals surface area contributed by atoms with Crippen LogP contribution in [0.5, 0.6) is 0 Å². The zero-order valence-electron chi connectivity index (χ0n) is 5.84. The molecule has 0 unspecified atom stereocenters. The van der Waals surface area contributed by atoms with Gasteiger partial charge in [0.25, 0.3) is 15.3 Å². The largest absolute Gasteiger partial charge is 0.344 e. The van der Waals surface area contributed by atoms with E-state index in [0.717, 1.165) is 0 Å². The molecule has 0 aromatic rings. The summed E-state index contributed by atoms with van der Waals surface area (Å²) in [5.74, 6) is 0. The third-order valence-corrected chi connectivity index (χ3v) is 0. The maximum absolute atomic E-state index is 8.36. The average molecular weight is 206 g/mol. The first-order chi connectivity index (χ1) is 5.20. The maximum atomic E-state index is 8.36. The van der Waals surface area contributed by atoms with E-state index in [0.29, 0.717) is 0 Å². The minimum Gasteiger partial charge on any atom is -0.344 e. The fourth-order valence-electron chi connectivity index (χ4n) is 0. The lowest BCUT2D eigenvalue weighted by Gasteiger charge is -1.56. The van der Waals surface area contributed by atoms with Crippen LogP contribution in [0.1, 0.15) is 0 Å². The van der Waals surface area contributed by atoms with Crippen molar-refractivity contribution in [2.75, 3.05) is 0 Å². The molecule has 0 aliphatic carbocycles. The molecular weight excluding hydrogens is 200 g/mol. The molecule has 0 rings (SSSR count). The van der Waals surface area contributed by atoms with E-state index >= 15 is 0 Å². The highest BCUT2D eigenvalue weighted by molar-refractivity contribution is 3.84. The second-order valence-electron chi connectivity index (χ2n) is 0.714. The molecule has 0 aliphatic heterocycles. The Morgan fingerprint density at radius 2 is 0.692 bits per heavy atom. The summed E-state index contributed by atoms with van der Waals surface area (Å²) in [4.78, 5) is 25.1. The third-order valence-electron chi connectivity index (χ3n) is 0. The lowest BCUT2D eigenvalue weighted by molar-refractivity contribution is -0.742. The standard InChI is InChI=1S/3HNO3.H3N/c3*2-1(3)4;/h3*(H,2,3,4);1H3. The average Bonchev–Trinajstić information content (AvgIpc) is 1.54. The summed E-state index contributed by atoms with van der Waals surface area (Å²) in [5.41, 5.74) is 0. The molecule has 0 saturated heterocycles. The smallest absolute Gasteiger partial charge is 0.291 e. The minimum atomic E-state index is -1.50. The van der Waals surface area contributed by atoms with Crippen LogP contribution in [-0.4, -0.2) is 30.9 Å². The van der Waals surface area contributed by atoms with Gasteiger partial charge in [-0.25, -0.2) is 0 Å². The normalized spacial score (nSPS) is 5.54. The van der Waals surface area contributed by atoms with Crippen LogP contribution in [0.3, 0.4) is 0 Å². The lowest BCUT2D eigenvalue weighted by Crippen LogP contribution is -1.81. The van der Waals surface area contributed by atoms with E-state index in [4.69, 9.17) is 46.0 Å². The van der Waals surface area contributed by atoms with Crippen molar-refractivity contribution in [3.8, 4) is 0 Å². The van der Waals surface area contributed by atoms with Gasteiger partial charge in [0.15, 0.2) is 0 Å². The van der Waals surface area contributed by atoms with Gasteiger partial charge < -0.3 is 21.8 Å². The summed E-state index contributed by atoms with van der Waals surface area (Å²) < 4.78 is 0. The molecule has 80 valence electrons. The van der Waals surface area contributed by atoms with Gasteiger partial charge in [0.1, 0.15) is 0 Å². The molecule has 0 aromatic carbocycles. The molecule has 0 atom stereocenters. The van der Waals surface area contributed by atoms with Gasteiger partial charge in [-0.1, -0.05) is 0 Å². The predicted octanol–water partition coefficient (Wildman–Crippen LogP) is -0.881. The summed E-state index contributed by atoms with van der Waals surface area (Å²) in [6.07, 6.45) is 0. The quantitative estimate of drug-likeness (QED) is 0.282. The van der Waals surface area contributed by atoms with Crippen molar-refractivity contribution in [1.82, 2.24) is 6.15 Å². The summed E-state index contributed by atoms with van der Waals surface area (Å²) in [6, 6.07) is 0. The molecule has 13 heteroatoms. The number of rotatable bonds is 0. The predicted molar refractivity (Wildman–Crippen MR) is 31.4 cm³/mol. The van der Waals surface area contributed by atoms with E-state index in [1.165, 1.54) is 0 Å². The molecule has 0 radical (unpaired) electrons. The van der Waals surface area contributed by atoms with E-state index in [1.54, 1.807) is 0 Å². The van der Waals surface area contributed by atoms with E-state index in [9.17, 15) is 0 Å². The van der Waals surface area contributed by atoms with Crippen molar-refractivity contribution in [2.45, 2.75) is 0 Å². The lowest BCUT2D eigenvalue weighted by atomic mass is 13.1. The molecule has 0 aliphatic rings. The summed E-state index contributed by atoms with van der Waals surface area (Å²) in [7, 11) is 0. The summed E-state index contributed by atoms with van der Waals surface area (Å²) >= 11 is 0. The first-order valence-corrected chi connectivity index (χ1v) is 1.70. The van der Waals surface area contributed by atoms with Crippen molar-refractivity contribution in [2.24, 2.45) is 0 Å². The number of hydrogen-bond donors (Lipinski definition) is 4. The molecule has 13 nitrogen and oxygen atoms in total. The van der Waals surface area contributed by atoms with Crippen molar-refractivity contribution in [3.05, 3.63) is 30.3 Å². The monoisotopic (exact) mass is 206 g/mol. The maximum Gasteiger partial charge on any atom is 0.291 e. The topological polar surface area (TPSA) is 225 Å². The Labute approximate surface area is 68.7 Å². The van der Waals surface area contributed by atoms with Gasteiger partial charge in [0, 0.05) is 0 Å². The van der Waals surface area contributed by atoms with Crippen LogP contribution in [0, 0.1) is 30.3 Å². The molecule has 0 aromatic heterocycles. The molecule has 0 fully saturated rings. The van der Waals surface area contributed by atoms with Gasteiger partial charge >= 0.3 is 0 Å². The Hall–Kier alpha value is -2.44. The van der Waals surface area contributed by atoms with Crippen molar-refractivity contribution in [1.29, 1.82) is 0 Å². The van der Waals surface area contributed by atoms with Crippen molar-refractivity contribution < 1.29 is 30.9 Å². The van der Waals surface area contributed by atoms with Gasteiger partial charge in [-0.05, 0) is 0 Å². The molecule has 0 amide bonds. The molecule has 0 bridgehead atoms. The van der Waals surface area contributed by atoms with Gasteiger partial charge in [0.2, 0.25) is 0 Å². The van der Waals surface area contributed by atoms with Gasteiger partial charge in [0.05, 0.1) is 0 Å². The zero-order chi connectivity index (χ0) is 10.7. The Bertz CT molecular complexity index is 109. The molecule has 0 saturated carbocycles. The van der Waals surface area contributed by atoms with Crippen LogP contribution >= 0.6 is 0 Å². The highest BCUT2D eigenvalue weighted by atomic mass is 16.9. The van der Waals surface area contributed by atoms with E-state index in [-0.39, 0.29) is 6.15 Å². The second kappa shape index (κ2) is 16.3. The first kappa shape index (κ1) is 22.4. The SMILES string of the molecule is N.O=[N+]([O-])O.O=[N+]([O-])O.O=[N+]([O-])O. The van der Waals surface area contributed by atoms with Crippen LogP contribution in [0.15, 0.2) is 0 Å². The van der Waals surface area contributed by atoms with Gasteiger partial charge in [-0.2, -0.15) is 0 Å². The summed E-state index contributed by atoms with van der Waals surface area (Å²) in [5, 5.41) is 40.9. The minimum absolute atomic E-state index is 0. The fourth-order valence-corrected chi connectivity index (χ4v) is 0. The van der Waals surface area contributed by atoms with Gasteiger partial charge in [-0.3, -0.25) is 0 Å². The molecule has 6 N–H and O–H groups in total. The van der Waals surface area contributed by atoms with E-state index in [1.807, 2.05) is 0 Å². The van der Waals surface area contributed by atoms with E-state index in [2.05, 4.69) is 0 Å². The molecular formula is H6N4O9.